The summed E-state index contributed by atoms with van der Waals surface area (Å²) in [5.74, 6) is 0. The van der Waals surface area contributed by atoms with Gasteiger partial charge in [-0.3, -0.25) is 9.58 Å². The van der Waals surface area contributed by atoms with Crippen molar-refractivity contribution in [2.45, 2.75) is 32.4 Å². The van der Waals surface area contributed by atoms with Crippen LogP contribution in [0.4, 0.5) is 0 Å². The monoisotopic (exact) mass is 331 g/mol. The van der Waals surface area contributed by atoms with Crippen LogP contribution in [-0.2, 0) is 13.6 Å². The lowest BCUT2D eigenvalue weighted by Gasteiger charge is -2.23. The molecule has 8 heteroatoms. The number of nitrogens with zero attached hydrogens (tertiary/aromatic N) is 5. The van der Waals surface area contributed by atoms with Gasteiger partial charge in [0.25, 0.3) is 0 Å². The van der Waals surface area contributed by atoms with Crippen LogP contribution in [0.3, 0.4) is 0 Å². The first kappa shape index (κ1) is 14.3. The molecular weight excluding hydrogens is 317 g/mol. The van der Waals surface area contributed by atoms with E-state index in [1.54, 1.807) is 4.68 Å². The van der Waals surface area contributed by atoms with Crippen LogP contribution < -0.4 is 0 Å². The van der Waals surface area contributed by atoms with E-state index in [9.17, 15) is 0 Å². The summed E-state index contributed by atoms with van der Waals surface area (Å²) in [7, 11) is 1.87. The van der Waals surface area contributed by atoms with Crippen LogP contribution >= 0.6 is 34.7 Å². The van der Waals surface area contributed by atoms with Crippen molar-refractivity contribution in [3.63, 3.8) is 0 Å². The van der Waals surface area contributed by atoms with Gasteiger partial charge in [0.2, 0.25) is 0 Å². The lowest BCUT2D eigenvalue weighted by atomic mass is 10.1. The molecule has 0 aromatic carbocycles. The van der Waals surface area contributed by atoms with Crippen molar-refractivity contribution >= 4 is 34.7 Å². The van der Waals surface area contributed by atoms with E-state index < -0.39 is 0 Å². The van der Waals surface area contributed by atoms with Crippen LogP contribution in [0.25, 0.3) is 0 Å². The van der Waals surface area contributed by atoms with Crippen molar-refractivity contribution in [1.29, 1.82) is 0 Å². The SMILES string of the molecule is Cc1nn(C)c(Cl)c1C1CCCN1Cc1nnsc1Cl. The first-order valence-corrected chi connectivity index (χ1v) is 8.00. The average Bonchev–Trinajstić information content (AvgIpc) is 3.06. The molecule has 1 atom stereocenters. The number of rotatable bonds is 3. The van der Waals surface area contributed by atoms with E-state index in [1.807, 2.05) is 14.0 Å². The molecule has 0 spiro atoms. The second-order valence-corrected chi connectivity index (χ2v) is 6.75. The quantitative estimate of drug-likeness (QED) is 0.866. The van der Waals surface area contributed by atoms with Gasteiger partial charge in [0, 0.05) is 36.7 Å². The fourth-order valence-electron chi connectivity index (χ4n) is 2.85. The lowest BCUT2D eigenvalue weighted by Crippen LogP contribution is -2.23. The number of hydrogen-bond acceptors (Lipinski definition) is 5. The van der Waals surface area contributed by atoms with Crippen molar-refractivity contribution in [1.82, 2.24) is 24.3 Å². The molecule has 1 saturated heterocycles. The van der Waals surface area contributed by atoms with E-state index in [1.165, 1.54) is 11.5 Å². The number of likely N-dealkylation sites (tertiary alicyclic amines) is 1. The molecule has 0 amide bonds. The Morgan fingerprint density at radius 3 is 2.80 bits per heavy atom. The normalized spacial score (nSPS) is 19.9. The molecule has 2 aromatic rings. The number of aromatic nitrogens is 4. The molecule has 0 aliphatic carbocycles. The van der Waals surface area contributed by atoms with Crippen LogP contribution in [-0.4, -0.2) is 30.8 Å². The Kier molecular flexibility index (Phi) is 3.99. The molecule has 2 aromatic heterocycles. The minimum Gasteiger partial charge on any atom is -0.290 e. The van der Waals surface area contributed by atoms with Gasteiger partial charge < -0.3 is 0 Å². The van der Waals surface area contributed by atoms with E-state index in [-0.39, 0.29) is 6.04 Å². The Hall–Kier alpha value is -0.690. The molecule has 0 radical (unpaired) electrons. The van der Waals surface area contributed by atoms with E-state index in [0.29, 0.717) is 10.9 Å². The zero-order chi connectivity index (χ0) is 14.3. The Bertz CT molecular complexity index is 623. The van der Waals surface area contributed by atoms with Crippen LogP contribution in [0, 0.1) is 6.92 Å². The van der Waals surface area contributed by atoms with Crippen LogP contribution in [0.15, 0.2) is 0 Å². The van der Waals surface area contributed by atoms with Gasteiger partial charge in [-0.05, 0) is 26.3 Å². The number of aryl methyl sites for hydroxylation is 2. The summed E-state index contributed by atoms with van der Waals surface area (Å²) < 4.78 is 6.30. The highest BCUT2D eigenvalue weighted by Gasteiger charge is 2.31. The molecule has 20 heavy (non-hydrogen) atoms. The highest BCUT2D eigenvalue weighted by Crippen LogP contribution is 2.38. The third-order valence-corrected chi connectivity index (χ3v) is 5.19. The summed E-state index contributed by atoms with van der Waals surface area (Å²) in [6.07, 6.45) is 2.23. The van der Waals surface area contributed by atoms with Gasteiger partial charge in [-0.15, -0.1) is 5.10 Å². The van der Waals surface area contributed by atoms with Crippen LogP contribution in [0.5, 0.6) is 0 Å². The fourth-order valence-corrected chi connectivity index (χ4v) is 3.76. The van der Waals surface area contributed by atoms with Gasteiger partial charge >= 0.3 is 0 Å². The number of halogens is 2. The highest BCUT2D eigenvalue weighted by atomic mass is 35.5. The van der Waals surface area contributed by atoms with Gasteiger partial charge in [-0.2, -0.15) is 5.10 Å². The Morgan fingerprint density at radius 2 is 2.20 bits per heavy atom. The third-order valence-electron chi connectivity index (χ3n) is 3.76. The van der Waals surface area contributed by atoms with E-state index >= 15 is 0 Å². The van der Waals surface area contributed by atoms with Crippen LogP contribution in [0.1, 0.15) is 35.8 Å². The molecule has 0 saturated carbocycles. The maximum atomic E-state index is 6.39. The summed E-state index contributed by atoms with van der Waals surface area (Å²) in [6, 6.07) is 0.286. The fraction of sp³-hybridized carbons (Fsp3) is 0.583. The van der Waals surface area contributed by atoms with E-state index in [4.69, 9.17) is 23.2 Å². The molecule has 1 fully saturated rings. The van der Waals surface area contributed by atoms with Gasteiger partial charge in [0.1, 0.15) is 15.2 Å². The molecule has 1 unspecified atom stereocenters. The number of hydrogen-bond donors (Lipinski definition) is 0. The Labute approximate surface area is 131 Å². The van der Waals surface area contributed by atoms with Crippen molar-refractivity contribution in [2.24, 2.45) is 7.05 Å². The first-order chi connectivity index (χ1) is 9.58. The average molecular weight is 332 g/mol. The van der Waals surface area contributed by atoms with Crippen LogP contribution in [0.2, 0.25) is 9.49 Å². The molecular formula is C12H15Cl2N5S. The minimum atomic E-state index is 0.286. The predicted molar refractivity (Wildman–Crippen MR) is 80.3 cm³/mol. The largest absolute Gasteiger partial charge is 0.290 e. The molecule has 5 nitrogen and oxygen atoms in total. The zero-order valence-corrected chi connectivity index (χ0v) is 13.6. The highest BCUT2D eigenvalue weighted by molar-refractivity contribution is 7.10. The molecule has 0 bridgehead atoms. The summed E-state index contributed by atoms with van der Waals surface area (Å²) in [4.78, 5) is 2.36. The van der Waals surface area contributed by atoms with E-state index in [2.05, 4.69) is 19.6 Å². The van der Waals surface area contributed by atoms with Crippen molar-refractivity contribution in [3.05, 3.63) is 26.4 Å². The van der Waals surface area contributed by atoms with E-state index in [0.717, 1.165) is 41.5 Å². The van der Waals surface area contributed by atoms with Gasteiger partial charge in [0.15, 0.2) is 0 Å². The summed E-state index contributed by atoms with van der Waals surface area (Å²) in [5, 5.41) is 9.23. The first-order valence-electron chi connectivity index (χ1n) is 6.47. The lowest BCUT2D eigenvalue weighted by molar-refractivity contribution is 0.245. The van der Waals surface area contributed by atoms with Crippen molar-refractivity contribution in [2.75, 3.05) is 6.54 Å². The molecule has 1 aliphatic heterocycles. The van der Waals surface area contributed by atoms with Gasteiger partial charge in [-0.1, -0.05) is 27.7 Å². The van der Waals surface area contributed by atoms with Crippen molar-refractivity contribution in [3.8, 4) is 0 Å². The molecule has 3 heterocycles. The molecule has 108 valence electrons. The maximum Gasteiger partial charge on any atom is 0.138 e. The predicted octanol–water partition coefficient (Wildman–Crippen LogP) is 3.22. The second kappa shape index (κ2) is 5.60. The zero-order valence-electron chi connectivity index (χ0n) is 11.3. The third kappa shape index (κ3) is 2.45. The molecule has 1 aliphatic rings. The smallest absolute Gasteiger partial charge is 0.138 e. The summed E-state index contributed by atoms with van der Waals surface area (Å²) in [5.41, 5.74) is 2.98. The topological polar surface area (TPSA) is 46.8 Å². The second-order valence-electron chi connectivity index (χ2n) is 5.04. The standard InChI is InChI=1S/C12H15Cl2N5S/c1-7-10(11(13)18(2)16-7)9-4-3-5-19(9)6-8-12(14)20-17-15-8/h9H,3-6H2,1-2H3. The molecule has 0 N–H and O–H groups in total. The van der Waals surface area contributed by atoms with Gasteiger partial charge in [0.05, 0.1) is 5.69 Å². The van der Waals surface area contributed by atoms with Crippen molar-refractivity contribution < 1.29 is 0 Å². The minimum absolute atomic E-state index is 0.286. The summed E-state index contributed by atoms with van der Waals surface area (Å²) >= 11 is 13.7. The summed E-state index contributed by atoms with van der Waals surface area (Å²) in [6.45, 7) is 3.74. The Balaban J connectivity index is 1.87. The maximum absolute atomic E-state index is 6.39. The van der Waals surface area contributed by atoms with Gasteiger partial charge in [-0.25, -0.2) is 0 Å². The Morgan fingerprint density at radius 1 is 1.40 bits per heavy atom. The molecule has 3 rings (SSSR count).